The number of benzene rings is 2. The van der Waals surface area contributed by atoms with Crippen LogP contribution in [0.2, 0.25) is 0 Å². The minimum atomic E-state index is -0.0677. The molecule has 0 radical (unpaired) electrons. The number of likely N-dealkylation sites (tertiary alicyclic amines) is 1. The molecular formula is C35H45N5O3. The van der Waals surface area contributed by atoms with Crippen molar-refractivity contribution >= 4 is 11.6 Å². The summed E-state index contributed by atoms with van der Waals surface area (Å²) < 4.78 is 10.9. The lowest BCUT2D eigenvalue weighted by Gasteiger charge is -2.42. The van der Waals surface area contributed by atoms with Gasteiger partial charge in [0, 0.05) is 69.0 Å². The molecule has 1 fully saturated rings. The average Bonchev–Trinajstić information content (AvgIpc) is 3.01. The second kappa shape index (κ2) is 15.5. The molecule has 2 aromatic carbocycles. The third kappa shape index (κ3) is 8.56. The second-order valence-corrected chi connectivity index (χ2v) is 11.5. The first-order valence-corrected chi connectivity index (χ1v) is 15.2. The van der Waals surface area contributed by atoms with Crippen LogP contribution in [0.15, 0.2) is 54.9 Å². The van der Waals surface area contributed by atoms with Gasteiger partial charge in [-0.25, -0.2) is 0 Å². The zero-order chi connectivity index (χ0) is 30.8. The number of anilines is 1. The lowest BCUT2D eigenvalue weighted by molar-refractivity contribution is 0.0944. The number of aryl methyl sites for hydroxylation is 3. The van der Waals surface area contributed by atoms with Crippen molar-refractivity contribution in [2.45, 2.75) is 65.6 Å². The van der Waals surface area contributed by atoms with Gasteiger partial charge in [0.15, 0.2) is 0 Å². The van der Waals surface area contributed by atoms with Crippen LogP contribution < -0.4 is 15.0 Å². The number of nitrogens with zero attached hydrogens (tertiary/aromatic N) is 4. The quantitative estimate of drug-likeness (QED) is 0.263. The molecule has 0 bridgehead atoms. The number of pyridine rings is 1. The van der Waals surface area contributed by atoms with Crippen molar-refractivity contribution in [3.8, 4) is 11.8 Å². The number of methoxy groups -OCH3 is 1. The SMILES string of the molecule is COCCOc1ccc(N(Cc2cnccc2C)C2CCN(C(C)CCNC(=O)c3c(C)cc(C#N)cc3C)CC2)cc1. The molecular weight excluding hydrogens is 538 g/mol. The Morgan fingerprint density at radius 1 is 1.09 bits per heavy atom. The Bertz CT molecular complexity index is 1370. The molecule has 1 unspecified atom stereocenters. The van der Waals surface area contributed by atoms with E-state index in [1.54, 1.807) is 19.2 Å². The standard InChI is InChI=1S/C35H45N5O3/c1-25-10-14-37-23-30(25)24-40(31-6-8-33(9-7-31)43-19-18-42-5)32-12-16-39(17-13-32)28(4)11-15-38-35(41)34-26(2)20-29(22-36)21-27(34)3/h6-10,14,20-21,23,28,32H,11-13,15-19,24H2,1-5H3,(H,38,41). The fourth-order valence-electron chi connectivity index (χ4n) is 5.94. The Morgan fingerprint density at radius 3 is 2.42 bits per heavy atom. The zero-order valence-electron chi connectivity index (χ0n) is 26.2. The number of hydrogen-bond donors (Lipinski definition) is 1. The van der Waals surface area contributed by atoms with Crippen molar-refractivity contribution in [2.75, 3.05) is 44.9 Å². The predicted octanol–water partition coefficient (Wildman–Crippen LogP) is 5.58. The first-order valence-electron chi connectivity index (χ1n) is 15.2. The number of nitriles is 1. The summed E-state index contributed by atoms with van der Waals surface area (Å²) in [4.78, 5) is 22.4. The molecule has 43 heavy (non-hydrogen) atoms. The maximum atomic E-state index is 12.9. The van der Waals surface area contributed by atoms with Gasteiger partial charge in [-0.05, 0) is 112 Å². The lowest BCUT2D eigenvalue weighted by Crippen LogP contribution is -2.48. The van der Waals surface area contributed by atoms with E-state index in [0.29, 0.717) is 43.0 Å². The van der Waals surface area contributed by atoms with Crippen LogP contribution in [-0.4, -0.2) is 67.8 Å². The van der Waals surface area contributed by atoms with Crippen molar-refractivity contribution in [3.63, 3.8) is 0 Å². The van der Waals surface area contributed by atoms with Crippen molar-refractivity contribution in [2.24, 2.45) is 0 Å². The van der Waals surface area contributed by atoms with Gasteiger partial charge in [-0.1, -0.05) is 0 Å². The van der Waals surface area contributed by atoms with Crippen LogP contribution in [0.4, 0.5) is 5.69 Å². The van der Waals surface area contributed by atoms with E-state index in [9.17, 15) is 10.1 Å². The molecule has 1 aliphatic heterocycles. The maximum absolute atomic E-state index is 12.9. The highest BCUT2D eigenvalue weighted by molar-refractivity contribution is 5.97. The summed E-state index contributed by atoms with van der Waals surface area (Å²) >= 11 is 0. The summed E-state index contributed by atoms with van der Waals surface area (Å²) in [6, 6.07) is 17.0. The van der Waals surface area contributed by atoms with Crippen LogP contribution in [-0.2, 0) is 11.3 Å². The van der Waals surface area contributed by atoms with E-state index in [2.05, 4.69) is 58.2 Å². The molecule has 8 nitrogen and oxygen atoms in total. The van der Waals surface area contributed by atoms with E-state index in [0.717, 1.165) is 55.8 Å². The molecule has 8 heteroatoms. The summed E-state index contributed by atoms with van der Waals surface area (Å²) in [5, 5.41) is 12.3. The highest BCUT2D eigenvalue weighted by atomic mass is 16.5. The number of piperidine rings is 1. The van der Waals surface area contributed by atoms with Crippen LogP contribution in [0, 0.1) is 32.1 Å². The molecule has 1 aromatic heterocycles. The van der Waals surface area contributed by atoms with Gasteiger partial charge in [0.05, 0.1) is 18.2 Å². The summed E-state index contributed by atoms with van der Waals surface area (Å²) in [5.41, 5.74) is 6.60. The fraction of sp³-hybridized carbons (Fsp3) is 0.457. The van der Waals surface area contributed by atoms with E-state index in [-0.39, 0.29) is 5.91 Å². The molecule has 0 aliphatic carbocycles. The number of rotatable bonds is 13. The molecule has 1 N–H and O–H groups in total. The minimum absolute atomic E-state index is 0.0677. The van der Waals surface area contributed by atoms with Crippen LogP contribution >= 0.6 is 0 Å². The van der Waals surface area contributed by atoms with Crippen molar-refractivity contribution in [1.29, 1.82) is 5.26 Å². The topological polar surface area (TPSA) is 90.7 Å². The number of nitrogens with one attached hydrogen (secondary N) is 1. The highest BCUT2D eigenvalue weighted by Gasteiger charge is 2.28. The number of aromatic nitrogens is 1. The van der Waals surface area contributed by atoms with Gasteiger partial charge in [-0.15, -0.1) is 0 Å². The molecule has 1 atom stereocenters. The van der Waals surface area contributed by atoms with Gasteiger partial charge in [-0.2, -0.15) is 5.26 Å². The number of carbonyl (C=O) groups excluding carboxylic acids is 1. The van der Waals surface area contributed by atoms with Crippen LogP contribution in [0.5, 0.6) is 5.75 Å². The molecule has 228 valence electrons. The summed E-state index contributed by atoms with van der Waals surface area (Å²) in [6.45, 7) is 12.7. The van der Waals surface area contributed by atoms with E-state index < -0.39 is 0 Å². The summed E-state index contributed by atoms with van der Waals surface area (Å²) in [7, 11) is 1.68. The largest absolute Gasteiger partial charge is 0.491 e. The summed E-state index contributed by atoms with van der Waals surface area (Å²) in [5.74, 6) is 0.778. The zero-order valence-corrected chi connectivity index (χ0v) is 26.2. The van der Waals surface area contributed by atoms with Gasteiger partial charge in [0.2, 0.25) is 0 Å². The van der Waals surface area contributed by atoms with Crippen molar-refractivity contribution in [1.82, 2.24) is 15.2 Å². The molecule has 2 heterocycles. The Hall–Kier alpha value is -3.93. The van der Waals surface area contributed by atoms with E-state index >= 15 is 0 Å². The molecule has 4 rings (SSSR count). The number of hydrogen-bond acceptors (Lipinski definition) is 7. The number of carbonyl (C=O) groups is 1. The predicted molar refractivity (Wildman–Crippen MR) is 171 cm³/mol. The first-order chi connectivity index (χ1) is 20.8. The Morgan fingerprint density at radius 2 is 1.79 bits per heavy atom. The van der Waals surface area contributed by atoms with Crippen molar-refractivity contribution in [3.05, 3.63) is 88.2 Å². The smallest absolute Gasteiger partial charge is 0.251 e. The molecule has 1 saturated heterocycles. The molecule has 3 aromatic rings. The Kier molecular flexibility index (Phi) is 11.5. The Labute approximate surface area is 256 Å². The minimum Gasteiger partial charge on any atom is -0.491 e. The van der Waals surface area contributed by atoms with Gasteiger partial charge in [-0.3, -0.25) is 9.78 Å². The van der Waals surface area contributed by atoms with E-state index in [1.165, 1.54) is 16.8 Å². The first kappa shape index (κ1) is 32.0. The van der Waals surface area contributed by atoms with Crippen LogP contribution in [0.3, 0.4) is 0 Å². The molecule has 1 amide bonds. The monoisotopic (exact) mass is 583 g/mol. The fourth-order valence-corrected chi connectivity index (χ4v) is 5.94. The van der Waals surface area contributed by atoms with Crippen LogP contribution in [0.25, 0.3) is 0 Å². The second-order valence-electron chi connectivity index (χ2n) is 11.5. The van der Waals surface area contributed by atoms with Gasteiger partial charge >= 0.3 is 0 Å². The van der Waals surface area contributed by atoms with Gasteiger partial charge in [0.25, 0.3) is 5.91 Å². The molecule has 1 aliphatic rings. The Balaban J connectivity index is 1.34. The lowest BCUT2D eigenvalue weighted by atomic mass is 9.98. The van der Waals surface area contributed by atoms with E-state index in [4.69, 9.17) is 9.47 Å². The van der Waals surface area contributed by atoms with Crippen LogP contribution in [0.1, 0.15) is 64.4 Å². The third-order valence-electron chi connectivity index (χ3n) is 8.51. The number of amides is 1. The third-order valence-corrected chi connectivity index (χ3v) is 8.51. The van der Waals surface area contributed by atoms with Gasteiger partial charge in [0.1, 0.15) is 12.4 Å². The summed E-state index contributed by atoms with van der Waals surface area (Å²) in [6.07, 6.45) is 6.84. The van der Waals surface area contributed by atoms with Gasteiger partial charge < -0.3 is 24.6 Å². The average molecular weight is 584 g/mol. The van der Waals surface area contributed by atoms with Crippen molar-refractivity contribution < 1.29 is 14.3 Å². The normalized spacial score (nSPS) is 14.6. The number of ether oxygens (including phenoxy) is 2. The molecule has 0 spiro atoms. The van der Waals surface area contributed by atoms with E-state index in [1.807, 2.05) is 38.4 Å². The maximum Gasteiger partial charge on any atom is 0.251 e. The highest BCUT2D eigenvalue weighted by Crippen LogP contribution is 2.29. The molecule has 0 saturated carbocycles.